The van der Waals surface area contributed by atoms with Crippen molar-refractivity contribution in [2.24, 2.45) is 0 Å². The monoisotopic (exact) mass is 434 g/mol. The van der Waals surface area contributed by atoms with Crippen LogP contribution in [-0.4, -0.2) is 35.0 Å². The molecule has 1 heterocycles. The van der Waals surface area contributed by atoms with E-state index in [0.29, 0.717) is 37.4 Å². The molecule has 0 atom stereocenters. The highest BCUT2D eigenvalue weighted by Gasteiger charge is 2.23. The predicted molar refractivity (Wildman–Crippen MR) is 124 cm³/mol. The number of carbonyl (C=O) groups is 2. The van der Waals surface area contributed by atoms with Gasteiger partial charge in [-0.05, 0) is 63.1 Å². The molecule has 0 spiro atoms. The number of hydrogen-bond donors (Lipinski definition) is 1. The number of H-pyrrole nitrogens is 1. The Morgan fingerprint density at radius 3 is 2.22 bits per heavy atom. The number of nitrogens with one attached hydrogen (secondary N) is 1. The van der Waals surface area contributed by atoms with Crippen LogP contribution in [0.3, 0.4) is 0 Å². The average molecular weight is 435 g/mol. The van der Waals surface area contributed by atoms with E-state index in [1.54, 1.807) is 36.1 Å². The fraction of sp³-hybridized carbons (Fsp3) is 0.308. The molecule has 3 rings (SSSR count). The van der Waals surface area contributed by atoms with Crippen molar-refractivity contribution in [2.75, 3.05) is 13.2 Å². The van der Waals surface area contributed by atoms with Gasteiger partial charge in [-0.25, -0.2) is 4.79 Å². The lowest BCUT2D eigenvalue weighted by Gasteiger charge is -2.23. The van der Waals surface area contributed by atoms with E-state index >= 15 is 0 Å². The lowest BCUT2D eigenvalue weighted by molar-refractivity contribution is 0.0524. The van der Waals surface area contributed by atoms with Gasteiger partial charge in [0, 0.05) is 23.5 Å². The molecular formula is C26H30N2O4. The van der Waals surface area contributed by atoms with Crippen molar-refractivity contribution in [1.29, 1.82) is 0 Å². The minimum absolute atomic E-state index is 0.0961. The van der Waals surface area contributed by atoms with Crippen LogP contribution >= 0.6 is 0 Å². The quantitative estimate of drug-likeness (QED) is 0.479. The molecule has 1 N–H and O–H groups in total. The number of carbonyl (C=O) groups excluding carboxylic acids is 2. The first-order chi connectivity index (χ1) is 15.4. The van der Waals surface area contributed by atoms with Gasteiger partial charge in [-0.2, -0.15) is 0 Å². The highest BCUT2D eigenvalue weighted by Crippen LogP contribution is 2.23. The molecule has 0 saturated heterocycles. The molecule has 2 aromatic carbocycles. The maximum Gasteiger partial charge on any atom is 0.340 e. The van der Waals surface area contributed by atoms with Gasteiger partial charge in [0.2, 0.25) is 0 Å². The molecule has 1 aromatic heterocycles. The number of nitrogens with zero attached hydrogens (tertiary/aromatic N) is 1. The third-order valence-corrected chi connectivity index (χ3v) is 5.29. The number of ether oxygens (including phenoxy) is 2. The van der Waals surface area contributed by atoms with Crippen LogP contribution in [0.5, 0.6) is 5.75 Å². The van der Waals surface area contributed by atoms with Gasteiger partial charge in [-0.1, -0.05) is 30.3 Å². The first-order valence-corrected chi connectivity index (χ1v) is 10.9. The van der Waals surface area contributed by atoms with Crippen molar-refractivity contribution < 1.29 is 19.1 Å². The number of aromatic amines is 1. The van der Waals surface area contributed by atoms with Gasteiger partial charge in [0.15, 0.2) is 0 Å². The number of aromatic nitrogens is 1. The van der Waals surface area contributed by atoms with Gasteiger partial charge < -0.3 is 19.4 Å². The van der Waals surface area contributed by atoms with Crippen LogP contribution < -0.4 is 4.74 Å². The zero-order valence-corrected chi connectivity index (χ0v) is 19.1. The maximum atomic E-state index is 13.4. The summed E-state index contributed by atoms with van der Waals surface area (Å²) in [5, 5.41) is 0. The third kappa shape index (κ3) is 5.38. The van der Waals surface area contributed by atoms with E-state index in [1.807, 2.05) is 51.1 Å². The van der Waals surface area contributed by atoms with Crippen molar-refractivity contribution in [3.63, 3.8) is 0 Å². The van der Waals surface area contributed by atoms with Crippen molar-refractivity contribution >= 4 is 11.9 Å². The summed E-state index contributed by atoms with van der Waals surface area (Å²) < 4.78 is 10.7. The Morgan fingerprint density at radius 1 is 0.906 bits per heavy atom. The van der Waals surface area contributed by atoms with Gasteiger partial charge >= 0.3 is 5.97 Å². The summed E-state index contributed by atoms with van der Waals surface area (Å²) in [4.78, 5) is 30.9. The highest BCUT2D eigenvalue weighted by molar-refractivity contribution is 5.95. The molecule has 0 radical (unpaired) electrons. The van der Waals surface area contributed by atoms with Gasteiger partial charge in [-0.15, -0.1) is 0 Å². The Morgan fingerprint density at radius 2 is 1.59 bits per heavy atom. The van der Waals surface area contributed by atoms with Gasteiger partial charge in [0.1, 0.15) is 5.75 Å². The standard InChI is InChI=1S/C26H30N2O4/c1-5-31-22-14-12-21(13-15-22)25(29)28(16-20-10-8-7-9-11-20)17-23-18(3)24(19(4)27-23)26(30)32-6-2/h7-15,27H,5-6,16-17H2,1-4H3. The Kier molecular flexibility index (Phi) is 7.71. The number of amides is 1. The van der Waals surface area contributed by atoms with E-state index in [9.17, 15) is 9.59 Å². The normalized spacial score (nSPS) is 10.6. The minimum atomic E-state index is -0.350. The average Bonchev–Trinajstić information content (AvgIpc) is 3.07. The minimum Gasteiger partial charge on any atom is -0.494 e. The molecule has 0 unspecified atom stereocenters. The Labute approximate surface area is 189 Å². The number of esters is 1. The van der Waals surface area contributed by atoms with Gasteiger partial charge in [0.25, 0.3) is 5.91 Å². The van der Waals surface area contributed by atoms with Crippen LogP contribution in [0.4, 0.5) is 0 Å². The molecule has 0 aliphatic carbocycles. The summed E-state index contributed by atoms with van der Waals surface area (Å²) in [6, 6.07) is 17.0. The molecule has 0 fully saturated rings. The number of benzene rings is 2. The lowest BCUT2D eigenvalue weighted by Crippen LogP contribution is -2.30. The number of aryl methyl sites for hydroxylation is 1. The second-order valence-corrected chi connectivity index (χ2v) is 7.55. The summed E-state index contributed by atoms with van der Waals surface area (Å²) >= 11 is 0. The zero-order chi connectivity index (χ0) is 23.1. The topological polar surface area (TPSA) is 71.6 Å². The first-order valence-electron chi connectivity index (χ1n) is 10.9. The Bertz CT molecular complexity index is 1060. The molecule has 0 saturated carbocycles. The molecular weight excluding hydrogens is 404 g/mol. The zero-order valence-electron chi connectivity index (χ0n) is 19.1. The molecule has 168 valence electrons. The number of rotatable bonds is 9. The van der Waals surface area contributed by atoms with Crippen LogP contribution in [0.15, 0.2) is 54.6 Å². The predicted octanol–water partition coefficient (Wildman–Crippen LogP) is 5.05. The van der Waals surface area contributed by atoms with Crippen molar-refractivity contribution in [3.05, 3.63) is 88.2 Å². The van der Waals surface area contributed by atoms with Gasteiger partial charge in [-0.3, -0.25) is 4.79 Å². The summed E-state index contributed by atoms with van der Waals surface area (Å²) in [6.45, 7) is 9.10. The molecule has 0 aliphatic rings. The van der Waals surface area contributed by atoms with Crippen LogP contribution in [0.25, 0.3) is 0 Å². The fourth-order valence-electron chi connectivity index (χ4n) is 3.72. The van der Waals surface area contributed by atoms with Crippen LogP contribution in [0.2, 0.25) is 0 Å². The van der Waals surface area contributed by atoms with E-state index in [0.717, 1.165) is 28.3 Å². The van der Waals surface area contributed by atoms with Crippen molar-refractivity contribution in [3.8, 4) is 5.75 Å². The third-order valence-electron chi connectivity index (χ3n) is 5.29. The summed E-state index contributed by atoms with van der Waals surface area (Å²) in [5.74, 6) is 0.285. The smallest absolute Gasteiger partial charge is 0.340 e. The van der Waals surface area contributed by atoms with E-state index in [4.69, 9.17) is 9.47 Å². The lowest BCUT2D eigenvalue weighted by atomic mass is 10.1. The van der Waals surface area contributed by atoms with E-state index in [-0.39, 0.29) is 11.9 Å². The van der Waals surface area contributed by atoms with Crippen LogP contribution in [-0.2, 0) is 17.8 Å². The molecule has 3 aromatic rings. The second kappa shape index (κ2) is 10.7. The Hall–Kier alpha value is -3.54. The first kappa shape index (κ1) is 23.1. The van der Waals surface area contributed by atoms with Crippen molar-refractivity contribution in [1.82, 2.24) is 9.88 Å². The molecule has 0 aliphatic heterocycles. The molecule has 32 heavy (non-hydrogen) atoms. The van der Waals surface area contributed by atoms with Crippen LogP contribution in [0.1, 0.15) is 57.1 Å². The summed E-state index contributed by atoms with van der Waals surface area (Å²) in [7, 11) is 0. The van der Waals surface area contributed by atoms with Gasteiger partial charge in [0.05, 0.1) is 25.3 Å². The van der Waals surface area contributed by atoms with E-state index < -0.39 is 0 Å². The second-order valence-electron chi connectivity index (χ2n) is 7.55. The largest absolute Gasteiger partial charge is 0.494 e. The summed E-state index contributed by atoms with van der Waals surface area (Å²) in [5.41, 5.74) is 4.51. The van der Waals surface area contributed by atoms with Crippen LogP contribution in [0, 0.1) is 13.8 Å². The van der Waals surface area contributed by atoms with E-state index in [2.05, 4.69) is 4.98 Å². The summed E-state index contributed by atoms with van der Waals surface area (Å²) in [6.07, 6.45) is 0. The molecule has 6 nitrogen and oxygen atoms in total. The molecule has 0 bridgehead atoms. The highest BCUT2D eigenvalue weighted by atomic mass is 16.5. The molecule has 1 amide bonds. The van der Waals surface area contributed by atoms with E-state index in [1.165, 1.54) is 0 Å². The Balaban J connectivity index is 1.91. The fourth-order valence-corrected chi connectivity index (χ4v) is 3.72. The molecule has 6 heteroatoms. The maximum absolute atomic E-state index is 13.4. The SMILES string of the molecule is CCOC(=O)c1c(C)[nH]c(CN(Cc2ccccc2)C(=O)c2ccc(OCC)cc2)c1C. The number of hydrogen-bond acceptors (Lipinski definition) is 4. The van der Waals surface area contributed by atoms with Crippen molar-refractivity contribution in [2.45, 2.75) is 40.8 Å².